The maximum atomic E-state index is 13.1. The molecule has 0 amide bonds. The van der Waals surface area contributed by atoms with Gasteiger partial charge in [-0.3, -0.25) is 0 Å². The van der Waals surface area contributed by atoms with Crippen LogP contribution < -0.4 is 0 Å². The first kappa shape index (κ1) is 11.6. The van der Waals surface area contributed by atoms with Gasteiger partial charge in [0.25, 0.3) is 0 Å². The Morgan fingerprint density at radius 1 is 1.44 bits per heavy atom. The lowest BCUT2D eigenvalue weighted by Gasteiger charge is -2.12. The number of halogens is 2. The Morgan fingerprint density at radius 3 is 2.94 bits per heavy atom. The minimum absolute atomic E-state index is 0.128. The molecule has 16 heavy (non-hydrogen) atoms. The highest BCUT2D eigenvalue weighted by Crippen LogP contribution is 2.23. The van der Waals surface area contributed by atoms with E-state index in [0.717, 1.165) is 17.0 Å². The first-order valence-electron chi connectivity index (χ1n) is 4.99. The Morgan fingerprint density at radius 2 is 2.31 bits per heavy atom. The van der Waals surface area contributed by atoms with E-state index in [1.54, 1.807) is 29.7 Å². The van der Waals surface area contributed by atoms with Crippen LogP contribution in [0.15, 0.2) is 35.8 Å². The molecular formula is C12H11ClFNS. The highest BCUT2D eigenvalue weighted by molar-refractivity contribution is 7.09. The van der Waals surface area contributed by atoms with Crippen LogP contribution in [0.1, 0.15) is 16.5 Å². The lowest BCUT2D eigenvalue weighted by atomic mass is 9.98. The maximum absolute atomic E-state index is 13.1. The number of nitrogens with zero attached hydrogens (tertiary/aromatic N) is 1. The smallest absolute Gasteiger partial charge is 0.123 e. The van der Waals surface area contributed by atoms with E-state index in [4.69, 9.17) is 11.6 Å². The van der Waals surface area contributed by atoms with Gasteiger partial charge in [-0.2, -0.15) is 0 Å². The van der Waals surface area contributed by atoms with Crippen LogP contribution in [0.2, 0.25) is 0 Å². The van der Waals surface area contributed by atoms with Gasteiger partial charge in [0.1, 0.15) is 5.82 Å². The van der Waals surface area contributed by atoms with E-state index in [0.29, 0.717) is 5.88 Å². The second-order valence-corrected chi connectivity index (χ2v) is 4.82. The Bertz CT molecular complexity index is 444. The minimum Gasteiger partial charge on any atom is -0.250 e. The van der Waals surface area contributed by atoms with E-state index in [1.165, 1.54) is 6.07 Å². The average Bonchev–Trinajstić information content (AvgIpc) is 2.78. The molecule has 0 fully saturated rings. The van der Waals surface area contributed by atoms with E-state index in [9.17, 15) is 4.39 Å². The van der Waals surface area contributed by atoms with Crippen molar-refractivity contribution in [3.63, 3.8) is 0 Å². The molecule has 0 saturated carbocycles. The van der Waals surface area contributed by atoms with Crippen molar-refractivity contribution in [2.24, 2.45) is 0 Å². The van der Waals surface area contributed by atoms with Crippen LogP contribution in [0.3, 0.4) is 0 Å². The molecule has 1 nitrogen and oxygen atoms in total. The van der Waals surface area contributed by atoms with Crippen LogP contribution in [-0.4, -0.2) is 10.9 Å². The maximum Gasteiger partial charge on any atom is 0.123 e. The summed E-state index contributed by atoms with van der Waals surface area (Å²) in [7, 11) is 0. The normalized spacial score (nSPS) is 12.6. The molecule has 4 heteroatoms. The molecule has 1 atom stereocenters. The number of aromatic nitrogens is 1. The van der Waals surface area contributed by atoms with E-state index in [2.05, 4.69) is 4.98 Å². The summed E-state index contributed by atoms with van der Waals surface area (Å²) in [6.07, 6.45) is 2.54. The molecule has 2 rings (SSSR count). The van der Waals surface area contributed by atoms with Crippen molar-refractivity contribution >= 4 is 22.9 Å². The van der Waals surface area contributed by atoms with E-state index >= 15 is 0 Å². The second kappa shape index (κ2) is 5.41. The summed E-state index contributed by atoms with van der Waals surface area (Å²) < 4.78 is 13.1. The molecule has 2 aromatic rings. The summed E-state index contributed by atoms with van der Waals surface area (Å²) in [5.74, 6) is 0.388. The third-order valence-corrected chi connectivity index (χ3v) is 3.59. The third kappa shape index (κ3) is 2.80. The molecule has 0 bridgehead atoms. The molecule has 0 spiro atoms. The summed E-state index contributed by atoms with van der Waals surface area (Å²) in [5, 5.41) is 2.97. The largest absolute Gasteiger partial charge is 0.250 e. The molecule has 1 aromatic heterocycles. The summed E-state index contributed by atoms with van der Waals surface area (Å²) in [6.45, 7) is 0. The van der Waals surface area contributed by atoms with Crippen molar-refractivity contribution in [3.8, 4) is 0 Å². The minimum atomic E-state index is -0.216. The van der Waals surface area contributed by atoms with E-state index in [-0.39, 0.29) is 11.7 Å². The molecule has 0 N–H and O–H groups in total. The predicted molar refractivity (Wildman–Crippen MR) is 65.7 cm³/mol. The number of alkyl halides is 1. The summed E-state index contributed by atoms with van der Waals surface area (Å²) in [4.78, 5) is 4.22. The van der Waals surface area contributed by atoms with Crippen molar-refractivity contribution in [3.05, 3.63) is 52.2 Å². The van der Waals surface area contributed by atoms with Gasteiger partial charge in [0.15, 0.2) is 0 Å². The van der Waals surface area contributed by atoms with Gasteiger partial charge < -0.3 is 0 Å². The van der Waals surface area contributed by atoms with Crippen molar-refractivity contribution in [1.82, 2.24) is 4.98 Å². The number of hydrogen-bond acceptors (Lipinski definition) is 2. The fourth-order valence-electron chi connectivity index (χ4n) is 1.59. The molecule has 0 radical (unpaired) electrons. The zero-order valence-corrected chi connectivity index (χ0v) is 10.1. The molecule has 0 saturated heterocycles. The molecular weight excluding hydrogens is 245 g/mol. The van der Waals surface area contributed by atoms with E-state index < -0.39 is 0 Å². The predicted octanol–water partition coefficient (Wildman–Crippen LogP) is 3.85. The van der Waals surface area contributed by atoms with Crippen molar-refractivity contribution in [2.75, 3.05) is 5.88 Å². The molecule has 1 heterocycles. The van der Waals surface area contributed by atoms with Crippen LogP contribution in [-0.2, 0) is 6.42 Å². The van der Waals surface area contributed by atoms with Crippen LogP contribution in [0.25, 0.3) is 0 Å². The van der Waals surface area contributed by atoms with Crippen LogP contribution >= 0.6 is 22.9 Å². The van der Waals surface area contributed by atoms with Crippen LogP contribution in [0, 0.1) is 5.82 Å². The Balaban J connectivity index is 2.16. The van der Waals surface area contributed by atoms with Gasteiger partial charge in [-0.1, -0.05) is 12.1 Å². The molecule has 84 valence electrons. The van der Waals surface area contributed by atoms with Crippen LogP contribution in [0.4, 0.5) is 4.39 Å². The SMILES string of the molecule is Fc1cccc(C(CCl)Cc2nccs2)c1. The van der Waals surface area contributed by atoms with Gasteiger partial charge >= 0.3 is 0 Å². The Kier molecular flexibility index (Phi) is 3.91. The fourth-order valence-corrected chi connectivity index (χ4v) is 2.57. The summed E-state index contributed by atoms with van der Waals surface area (Å²) in [5.41, 5.74) is 0.935. The third-order valence-electron chi connectivity index (χ3n) is 2.41. The Labute approximate surface area is 103 Å². The Hall–Kier alpha value is -0.930. The highest BCUT2D eigenvalue weighted by atomic mass is 35.5. The number of hydrogen-bond donors (Lipinski definition) is 0. The zero-order valence-electron chi connectivity index (χ0n) is 8.57. The molecule has 0 aliphatic carbocycles. The van der Waals surface area contributed by atoms with Crippen LogP contribution in [0.5, 0.6) is 0 Å². The standard InChI is InChI=1S/C12H11ClFNS/c13-8-10(7-12-15-4-5-16-12)9-2-1-3-11(14)6-9/h1-6,10H,7-8H2. The van der Waals surface area contributed by atoms with Crippen molar-refractivity contribution in [2.45, 2.75) is 12.3 Å². The number of benzene rings is 1. The average molecular weight is 256 g/mol. The van der Waals surface area contributed by atoms with Gasteiger partial charge in [0, 0.05) is 29.8 Å². The first-order valence-corrected chi connectivity index (χ1v) is 6.41. The lowest BCUT2D eigenvalue weighted by molar-refractivity contribution is 0.621. The topological polar surface area (TPSA) is 12.9 Å². The monoisotopic (exact) mass is 255 g/mol. The lowest BCUT2D eigenvalue weighted by Crippen LogP contribution is -2.04. The molecule has 0 aliphatic heterocycles. The van der Waals surface area contributed by atoms with Gasteiger partial charge in [0.2, 0.25) is 0 Å². The molecule has 1 aromatic carbocycles. The second-order valence-electron chi connectivity index (χ2n) is 3.54. The molecule has 1 unspecified atom stereocenters. The highest BCUT2D eigenvalue weighted by Gasteiger charge is 2.13. The first-order chi connectivity index (χ1) is 7.79. The van der Waals surface area contributed by atoms with Gasteiger partial charge in [0.05, 0.1) is 5.01 Å². The fraction of sp³-hybridized carbons (Fsp3) is 0.250. The summed E-state index contributed by atoms with van der Waals surface area (Å²) in [6, 6.07) is 6.61. The summed E-state index contributed by atoms with van der Waals surface area (Å²) >= 11 is 7.53. The van der Waals surface area contributed by atoms with E-state index in [1.807, 2.05) is 11.4 Å². The zero-order chi connectivity index (χ0) is 11.4. The van der Waals surface area contributed by atoms with Crippen molar-refractivity contribution in [1.29, 1.82) is 0 Å². The van der Waals surface area contributed by atoms with Gasteiger partial charge in [-0.15, -0.1) is 22.9 Å². The number of rotatable bonds is 4. The number of thiazole rings is 1. The quantitative estimate of drug-likeness (QED) is 0.757. The van der Waals surface area contributed by atoms with Gasteiger partial charge in [-0.05, 0) is 17.7 Å². The van der Waals surface area contributed by atoms with Crippen molar-refractivity contribution < 1.29 is 4.39 Å². The molecule has 0 aliphatic rings. The van der Waals surface area contributed by atoms with Gasteiger partial charge in [-0.25, -0.2) is 9.37 Å².